The van der Waals surface area contributed by atoms with Crippen LogP contribution in [0.15, 0.2) is 0 Å². The first-order valence-electron chi connectivity index (χ1n) is 6.66. The molecule has 2 N–H and O–H groups in total. The Morgan fingerprint density at radius 2 is 2.06 bits per heavy atom. The molecule has 5 nitrogen and oxygen atoms in total. The molecule has 0 saturated heterocycles. The third-order valence-corrected chi connectivity index (χ3v) is 5.45. The van der Waals surface area contributed by atoms with Crippen molar-refractivity contribution in [1.82, 2.24) is 4.31 Å². The zero-order valence-electron chi connectivity index (χ0n) is 11.6. The van der Waals surface area contributed by atoms with Gasteiger partial charge in [-0.2, -0.15) is 0 Å². The molecule has 1 rings (SSSR count). The van der Waals surface area contributed by atoms with Crippen molar-refractivity contribution in [2.75, 3.05) is 26.0 Å². The average molecular weight is 278 g/mol. The summed E-state index contributed by atoms with van der Waals surface area (Å²) < 4.78 is 31.2. The molecule has 18 heavy (non-hydrogen) atoms. The molecule has 1 aliphatic carbocycles. The van der Waals surface area contributed by atoms with E-state index in [1.54, 1.807) is 7.05 Å². The lowest BCUT2D eigenvalue weighted by atomic mass is 10.0. The quantitative estimate of drug-likeness (QED) is 0.747. The summed E-state index contributed by atoms with van der Waals surface area (Å²) in [5, 5.41) is 0. The van der Waals surface area contributed by atoms with Crippen molar-refractivity contribution < 1.29 is 13.2 Å². The van der Waals surface area contributed by atoms with Gasteiger partial charge in [-0.15, -0.1) is 0 Å². The van der Waals surface area contributed by atoms with E-state index < -0.39 is 10.0 Å². The minimum atomic E-state index is -3.23. The van der Waals surface area contributed by atoms with Crippen LogP contribution in [0.2, 0.25) is 0 Å². The molecule has 0 aromatic carbocycles. The van der Waals surface area contributed by atoms with Gasteiger partial charge < -0.3 is 10.5 Å². The van der Waals surface area contributed by atoms with E-state index in [9.17, 15) is 8.42 Å². The fourth-order valence-corrected chi connectivity index (χ4v) is 3.80. The van der Waals surface area contributed by atoms with E-state index in [1.165, 1.54) is 4.31 Å². The fourth-order valence-electron chi connectivity index (χ4n) is 2.51. The van der Waals surface area contributed by atoms with E-state index in [0.717, 1.165) is 19.3 Å². The van der Waals surface area contributed by atoms with Crippen LogP contribution in [-0.4, -0.2) is 50.8 Å². The van der Waals surface area contributed by atoms with Gasteiger partial charge in [0.2, 0.25) is 10.0 Å². The fraction of sp³-hybridized carbons (Fsp3) is 1.00. The SMILES string of the molecule is CC(C)OCCS(=O)(=O)N(C)C1CCCC1CN. The van der Waals surface area contributed by atoms with Gasteiger partial charge in [-0.3, -0.25) is 0 Å². The highest BCUT2D eigenvalue weighted by atomic mass is 32.2. The predicted octanol–water partition coefficient (Wildman–Crippen LogP) is 0.800. The summed E-state index contributed by atoms with van der Waals surface area (Å²) in [4.78, 5) is 0. The minimum absolute atomic E-state index is 0.0511. The first kappa shape index (κ1) is 15.9. The Morgan fingerprint density at radius 3 is 2.61 bits per heavy atom. The zero-order chi connectivity index (χ0) is 13.8. The molecule has 2 atom stereocenters. The number of hydrogen-bond acceptors (Lipinski definition) is 4. The summed E-state index contributed by atoms with van der Waals surface area (Å²) in [5.41, 5.74) is 5.70. The van der Waals surface area contributed by atoms with E-state index >= 15 is 0 Å². The Kier molecular flexibility index (Phi) is 6.04. The van der Waals surface area contributed by atoms with E-state index in [2.05, 4.69) is 0 Å². The van der Waals surface area contributed by atoms with Gasteiger partial charge in [0.15, 0.2) is 0 Å². The van der Waals surface area contributed by atoms with Crippen LogP contribution in [0, 0.1) is 5.92 Å². The predicted molar refractivity (Wildman–Crippen MR) is 72.8 cm³/mol. The zero-order valence-corrected chi connectivity index (χ0v) is 12.4. The first-order valence-corrected chi connectivity index (χ1v) is 8.26. The van der Waals surface area contributed by atoms with E-state index in [1.807, 2.05) is 13.8 Å². The normalized spacial score (nSPS) is 25.2. The summed E-state index contributed by atoms with van der Waals surface area (Å²) in [5.74, 6) is 0.353. The van der Waals surface area contributed by atoms with Crippen LogP contribution in [-0.2, 0) is 14.8 Å². The summed E-state index contributed by atoms with van der Waals surface area (Å²) in [6, 6.07) is 0.0686. The molecule has 0 aromatic rings. The highest BCUT2D eigenvalue weighted by Gasteiger charge is 2.34. The molecule has 2 unspecified atom stereocenters. The van der Waals surface area contributed by atoms with Gasteiger partial charge in [0.05, 0.1) is 18.5 Å². The van der Waals surface area contributed by atoms with Gasteiger partial charge in [0, 0.05) is 13.1 Å². The Hall–Kier alpha value is -0.170. The standard InChI is InChI=1S/C12H26N2O3S/c1-10(2)17-7-8-18(15,16)14(3)12-6-4-5-11(12)9-13/h10-12H,4-9,13H2,1-3H3. The third-order valence-electron chi connectivity index (χ3n) is 3.62. The largest absolute Gasteiger partial charge is 0.378 e. The molecule has 0 radical (unpaired) electrons. The molecular formula is C12H26N2O3S. The second-order valence-corrected chi connectivity index (χ2v) is 7.39. The summed E-state index contributed by atoms with van der Waals surface area (Å²) in [6.07, 6.45) is 3.08. The molecule has 0 amide bonds. The molecule has 6 heteroatoms. The average Bonchev–Trinajstić information content (AvgIpc) is 2.74. The van der Waals surface area contributed by atoms with Crippen molar-refractivity contribution in [3.63, 3.8) is 0 Å². The maximum absolute atomic E-state index is 12.2. The lowest BCUT2D eigenvalue weighted by Gasteiger charge is -2.28. The molecular weight excluding hydrogens is 252 g/mol. The van der Waals surface area contributed by atoms with Crippen molar-refractivity contribution in [1.29, 1.82) is 0 Å². The Bertz CT molecular complexity index is 343. The Labute approximate surface area is 111 Å². The molecule has 0 spiro atoms. The number of sulfonamides is 1. The van der Waals surface area contributed by atoms with Crippen molar-refractivity contribution in [3.05, 3.63) is 0 Å². The van der Waals surface area contributed by atoms with Crippen molar-refractivity contribution in [2.45, 2.75) is 45.3 Å². The number of nitrogens with zero attached hydrogens (tertiary/aromatic N) is 1. The van der Waals surface area contributed by atoms with Gasteiger partial charge >= 0.3 is 0 Å². The lowest BCUT2D eigenvalue weighted by Crippen LogP contribution is -2.43. The van der Waals surface area contributed by atoms with E-state index in [4.69, 9.17) is 10.5 Å². The molecule has 0 aromatic heterocycles. The monoisotopic (exact) mass is 278 g/mol. The van der Waals surface area contributed by atoms with Crippen LogP contribution in [0.4, 0.5) is 0 Å². The van der Waals surface area contributed by atoms with Crippen molar-refractivity contribution >= 4 is 10.0 Å². The minimum Gasteiger partial charge on any atom is -0.378 e. The van der Waals surface area contributed by atoms with Gasteiger partial charge in [-0.25, -0.2) is 12.7 Å². The van der Waals surface area contributed by atoms with Gasteiger partial charge in [-0.1, -0.05) is 6.42 Å². The summed E-state index contributed by atoms with van der Waals surface area (Å²) >= 11 is 0. The third kappa shape index (κ3) is 4.19. The molecule has 1 aliphatic rings. The summed E-state index contributed by atoms with van der Waals surface area (Å²) in [7, 11) is -1.56. The second kappa shape index (κ2) is 6.84. The Morgan fingerprint density at radius 1 is 1.39 bits per heavy atom. The highest BCUT2D eigenvalue weighted by Crippen LogP contribution is 2.29. The van der Waals surface area contributed by atoms with Crippen LogP contribution < -0.4 is 5.73 Å². The number of ether oxygens (including phenoxy) is 1. The van der Waals surface area contributed by atoms with Gasteiger partial charge in [0.25, 0.3) is 0 Å². The maximum atomic E-state index is 12.2. The van der Waals surface area contributed by atoms with Crippen LogP contribution in [0.1, 0.15) is 33.1 Å². The van der Waals surface area contributed by atoms with E-state index in [0.29, 0.717) is 12.5 Å². The van der Waals surface area contributed by atoms with Gasteiger partial charge in [0.1, 0.15) is 0 Å². The molecule has 0 heterocycles. The van der Waals surface area contributed by atoms with Crippen molar-refractivity contribution in [3.8, 4) is 0 Å². The van der Waals surface area contributed by atoms with Crippen LogP contribution >= 0.6 is 0 Å². The molecule has 0 bridgehead atoms. The van der Waals surface area contributed by atoms with Gasteiger partial charge in [-0.05, 0) is 39.2 Å². The summed E-state index contributed by atoms with van der Waals surface area (Å²) in [6.45, 7) is 4.62. The Balaban J connectivity index is 2.55. The molecule has 0 aliphatic heterocycles. The maximum Gasteiger partial charge on any atom is 0.216 e. The lowest BCUT2D eigenvalue weighted by molar-refractivity contribution is 0.0905. The first-order chi connectivity index (χ1) is 8.38. The van der Waals surface area contributed by atoms with Crippen LogP contribution in [0.5, 0.6) is 0 Å². The highest BCUT2D eigenvalue weighted by molar-refractivity contribution is 7.89. The topological polar surface area (TPSA) is 72.6 Å². The molecule has 108 valence electrons. The van der Waals surface area contributed by atoms with E-state index in [-0.39, 0.29) is 24.5 Å². The molecule has 1 saturated carbocycles. The molecule has 1 fully saturated rings. The van der Waals surface area contributed by atoms with Crippen LogP contribution in [0.25, 0.3) is 0 Å². The smallest absolute Gasteiger partial charge is 0.216 e. The van der Waals surface area contributed by atoms with Crippen LogP contribution in [0.3, 0.4) is 0 Å². The van der Waals surface area contributed by atoms with Crippen molar-refractivity contribution in [2.24, 2.45) is 11.7 Å². The number of hydrogen-bond donors (Lipinski definition) is 1. The number of rotatable bonds is 7. The number of nitrogens with two attached hydrogens (primary N) is 1. The second-order valence-electron chi connectivity index (χ2n) is 5.25.